The molecule has 0 saturated carbocycles. The molecule has 1 fully saturated rings. The van der Waals surface area contributed by atoms with E-state index in [0.29, 0.717) is 29.1 Å². The van der Waals surface area contributed by atoms with Crippen LogP contribution in [0.4, 0.5) is 5.00 Å². The number of nitrogens with one attached hydrogen (secondary N) is 1. The fourth-order valence-corrected chi connectivity index (χ4v) is 5.53. The van der Waals surface area contributed by atoms with Gasteiger partial charge in [0.05, 0.1) is 14.2 Å². The second-order valence-corrected chi connectivity index (χ2v) is 9.77. The van der Waals surface area contributed by atoms with Crippen LogP contribution in [0.15, 0.2) is 54.0 Å². The van der Waals surface area contributed by atoms with Crippen LogP contribution < -0.4 is 4.90 Å². The van der Waals surface area contributed by atoms with Crippen LogP contribution in [0, 0.1) is 0 Å². The van der Waals surface area contributed by atoms with E-state index in [1.54, 1.807) is 17.5 Å². The van der Waals surface area contributed by atoms with E-state index < -0.39 is 0 Å². The number of rotatable bonds is 4. The molecule has 0 aliphatic carbocycles. The normalized spacial score (nSPS) is 14.4. The Morgan fingerprint density at radius 3 is 2.57 bits per heavy atom. The van der Waals surface area contributed by atoms with Gasteiger partial charge in [-0.15, -0.1) is 22.7 Å². The first-order chi connectivity index (χ1) is 14.6. The first kappa shape index (κ1) is 19.4. The van der Waals surface area contributed by atoms with Gasteiger partial charge in [-0.25, -0.2) is 0 Å². The molecule has 0 unspecified atom stereocenters. The Balaban J connectivity index is 1.35. The molecule has 5 rings (SSSR count). The smallest absolute Gasteiger partial charge is 0.253 e. The quantitative estimate of drug-likeness (QED) is 0.433. The summed E-state index contributed by atoms with van der Waals surface area (Å²) in [7, 11) is 0. The third-order valence-electron chi connectivity index (χ3n) is 5.36. The SMILES string of the molecule is O=C(c1cccs1)c1c[nH]c2ccc(C(=O)N3CCN(c4ccc(Cl)s4)CC3)cc12. The molecule has 152 valence electrons. The van der Waals surface area contributed by atoms with E-state index >= 15 is 0 Å². The Bertz CT molecular complexity index is 1220. The number of hydrogen-bond donors (Lipinski definition) is 1. The maximum absolute atomic E-state index is 13.1. The van der Waals surface area contributed by atoms with Gasteiger partial charge in [-0.2, -0.15) is 0 Å². The fraction of sp³-hybridized carbons (Fsp3) is 0.182. The number of nitrogens with zero attached hydrogens (tertiary/aromatic N) is 2. The molecule has 4 heterocycles. The van der Waals surface area contributed by atoms with Crippen molar-refractivity contribution in [1.82, 2.24) is 9.88 Å². The zero-order valence-corrected chi connectivity index (χ0v) is 18.3. The molecule has 1 aliphatic rings. The summed E-state index contributed by atoms with van der Waals surface area (Å²) in [5.41, 5.74) is 2.06. The number of carbonyl (C=O) groups excluding carboxylic acids is 2. The third kappa shape index (κ3) is 3.53. The van der Waals surface area contributed by atoms with Gasteiger partial charge in [-0.1, -0.05) is 17.7 Å². The molecule has 0 atom stereocenters. The van der Waals surface area contributed by atoms with Gasteiger partial charge < -0.3 is 14.8 Å². The number of ketones is 1. The molecule has 1 N–H and O–H groups in total. The minimum absolute atomic E-state index is 0.00326. The summed E-state index contributed by atoms with van der Waals surface area (Å²) in [4.78, 5) is 33.9. The lowest BCUT2D eigenvalue weighted by atomic mass is 10.0. The second kappa shape index (κ2) is 7.91. The average molecular weight is 456 g/mol. The molecular formula is C22H18ClN3O2S2. The summed E-state index contributed by atoms with van der Waals surface area (Å²) in [6, 6.07) is 13.1. The lowest BCUT2D eigenvalue weighted by Gasteiger charge is -2.35. The van der Waals surface area contributed by atoms with Gasteiger partial charge in [0.1, 0.15) is 0 Å². The summed E-state index contributed by atoms with van der Waals surface area (Å²) < 4.78 is 0.774. The number of H-pyrrole nitrogens is 1. The van der Waals surface area contributed by atoms with Gasteiger partial charge in [0.25, 0.3) is 5.91 Å². The van der Waals surface area contributed by atoms with Crippen molar-refractivity contribution < 1.29 is 9.59 Å². The molecule has 0 spiro atoms. The summed E-state index contributed by atoms with van der Waals surface area (Å²) in [6.45, 7) is 2.86. The molecule has 5 nitrogen and oxygen atoms in total. The zero-order chi connectivity index (χ0) is 20.7. The lowest BCUT2D eigenvalue weighted by molar-refractivity contribution is 0.0747. The summed E-state index contributed by atoms with van der Waals surface area (Å²) in [5, 5.41) is 3.81. The van der Waals surface area contributed by atoms with E-state index in [1.165, 1.54) is 11.3 Å². The van der Waals surface area contributed by atoms with Crippen molar-refractivity contribution in [3.05, 3.63) is 74.4 Å². The van der Waals surface area contributed by atoms with E-state index in [9.17, 15) is 9.59 Å². The van der Waals surface area contributed by atoms with Gasteiger partial charge in [0.15, 0.2) is 0 Å². The number of anilines is 1. The van der Waals surface area contributed by atoms with E-state index in [4.69, 9.17) is 11.6 Å². The van der Waals surface area contributed by atoms with Crippen LogP contribution in [0.25, 0.3) is 10.9 Å². The van der Waals surface area contributed by atoms with Crippen molar-refractivity contribution in [3.63, 3.8) is 0 Å². The van der Waals surface area contributed by atoms with E-state index in [-0.39, 0.29) is 11.7 Å². The minimum atomic E-state index is -0.0240. The number of halogens is 1. The highest BCUT2D eigenvalue weighted by molar-refractivity contribution is 7.19. The molecule has 1 amide bonds. The zero-order valence-electron chi connectivity index (χ0n) is 15.9. The van der Waals surface area contributed by atoms with Crippen molar-refractivity contribution in [2.45, 2.75) is 0 Å². The van der Waals surface area contributed by atoms with Crippen LogP contribution in [0.1, 0.15) is 25.6 Å². The summed E-state index contributed by atoms with van der Waals surface area (Å²) in [6.07, 6.45) is 1.73. The lowest BCUT2D eigenvalue weighted by Crippen LogP contribution is -2.48. The van der Waals surface area contributed by atoms with Crippen LogP contribution in [0.3, 0.4) is 0 Å². The Hall–Kier alpha value is -2.61. The molecule has 1 aliphatic heterocycles. The highest BCUT2D eigenvalue weighted by Gasteiger charge is 2.24. The van der Waals surface area contributed by atoms with E-state index in [0.717, 1.165) is 33.3 Å². The molecule has 8 heteroatoms. The number of aromatic amines is 1. The molecule has 1 saturated heterocycles. The highest BCUT2D eigenvalue weighted by Crippen LogP contribution is 2.30. The number of aromatic nitrogens is 1. The first-order valence-electron chi connectivity index (χ1n) is 9.59. The van der Waals surface area contributed by atoms with Crippen molar-refractivity contribution >= 4 is 61.9 Å². The number of fused-ring (bicyclic) bond motifs is 1. The second-order valence-electron chi connectivity index (χ2n) is 7.13. The predicted octanol–water partition coefficient (Wildman–Crippen LogP) is 5.14. The molecular weight excluding hydrogens is 438 g/mol. The van der Waals surface area contributed by atoms with Crippen molar-refractivity contribution in [3.8, 4) is 0 Å². The van der Waals surface area contributed by atoms with Gasteiger partial charge in [-0.05, 0) is 41.8 Å². The maximum Gasteiger partial charge on any atom is 0.253 e. The first-order valence-corrected chi connectivity index (χ1v) is 11.7. The van der Waals surface area contributed by atoms with Crippen LogP contribution in [-0.2, 0) is 0 Å². The Kier molecular flexibility index (Phi) is 5.10. The largest absolute Gasteiger partial charge is 0.360 e. The minimum Gasteiger partial charge on any atom is -0.360 e. The molecule has 0 radical (unpaired) electrons. The van der Waals surface area contributed by atoms with Crippen molar-refractivity contribution in [2.24, 2.45) is 0 Å². The van der Waals surface area contributed by atoms with E-state index in [2.05, 4.69) is 9.88 Å². The molecule has 0 bridgehead atoms. The predicted molar refractivity (Wildman–Crippen MR) is 123 cm³/mol. The Morgan fingerprint density at radius 1 is 1.03 bits per heavy atom. The maximum atomic E-state index is 13.1. The topological polar surface area (TPSA) is 56.4 Å². The van der Waals surface area contributed by atoms with Crippen LogP contribution >= 0.6 is 34.3 Å². The highest BCUT2D eigenvalue weighted by atomic mass is 35.5. The van der Waals surface area contributed by atoms with E-state index in [1.807, 2.05) is 52.7 Å². The number of benzene rings is 1. The number of carbonyl (C=O) groups is 2. The number of amides is 1. The number of piperazine rings is 1. The molecule has 30 heavy (non-hydrogen) atoms. The monoisotopic (exact) mass is 455 g/mol. The fourth-order valence-electron chi connectivity index (χ4n) is 3.77. The third-order valence-corrected chi connectivity index (χ3v) is 7.52. The molecule has 1 aromatic carbocycles. The molecule has 4 aromatic rings. The molecule has 3 aromatic heterocycles. The Morgan fingerprint density at radius 2 is 1.87 bits per heavy atom. The van der Waals surface area contributed by atoms with Crippen LogP contribution in [-0.4, -0.2) is 47.8 Å². The Labute approximate surface area is 186 Å². The number of thiophene rings is 2. The summed E-state index contributed by atoms with van der Waals surface area (Å²) >= 11 is 9.03. The van der Waals surface area contributed by atoms with Gasteiger partial charge >= 0.3 is 0 Å². The van der Waals surface area contributed by atoms with Crippen molar-refractivity contribution in [2.75, 3.05) is 31.1 Å². The number of hydrogen-bond acceptors (Lipinski definition) is 5. The van der Waals surface area contributed by atoms with Crippen molar-refractivity contribution in [1.29, 1.82) is 0 Å². The van der Waals surface area contributed by atoms with Gasteiger partial charge in [-0.3, -0.25) is 9.59 Å². The average Bonchev–Trinajstić information content (AvgIpc) is 3.53. The summed E-state index contributed by atoms with van der Waals surface area (Å²) in [5.74, 6) is -0.0273. The van der Waals surface area contributed by atoms with Crippen LogP contribution in [0.5, 0.6) is 0 Å². The van der Waals surface area contributed by atoms with Crippen LogP contribution in [0.2, 0.25) is 4.34 Å². The van der Waals surface area contributed by atoms with Gasteiger partial charge in [0.2, 0.25) is 5.78 Å². The standard InChI is InChI=1S/C22H18ClN3O2S2/c23-19-5-6-20(30-19)25-7-9-26(10-8-25)22(28)14-3-4-17-15(12-14)16(13-24-17)21(27)18-2-1-11-29-18/h1-6,11-13,24H,7-10H2. The van der Waals surface area contributed by atoms with Gasteiger partial charge in [0, 0.05) is 54.4 Å².